The normalized spacial score (nSPS) is 11.1. The predicted molar refractivity (Wildman–Crippen MR) is 100 cm³/mol. The van der Waals surface area contributed by atoms with Crippen LogP contribution < -0.4 is 10.1 Å². The summed E-state index contributed by atoms with van der Waals surface area (Å²) in [4.78, 5) is 27.5. The maximum atomic E-state index is 13.9. The van der Waals surface area contributed by atoms with Gasteiger partial charge in [0.1, 0.15) is 11.4 Å². The number of halogens is 6. The quantitative estimate of drug-likeness (QED) is 0.311. The number of pyridine rings is 1. The van der Waals surface area contributed by atoms with Gasteiger partial charge >= 0.3 is 12.1 Å². The fourth-order valence-corrected chi connectivity index (χ4v) is 2.45. The Morgan fingerprint density at radius 1 is 0.909 bits per heavy atom. The molecular weight excluding hydrogens is 458 g/mol. The topological polar surface area (TPSA) is 77.5 Å². The Morgan fingerprint density at radius 2 is 1.61 bits per heavy atom. The summed E-state index contributed by atoms with van der Waals surface area (Å²) in [6.45, 7) is -1.09. The average molecular weight is 470 g/mol. The lowest BCUT2D eigenvalue weighted by molar-refractivity contribution is -0.243. The van der Waals surface area contributed by atoms with E-state index in [2.05, 4.69) is 15.0 Å². The minimum Gasteiger partial charge on any atom is -0.466 e. The van der Waals surface area contributed by atoms with E-state index in [1.807, 2.05) is 0 Å². The first-order chi connectivity index (χ1) is 15.6. The molecule has 0 aliphatic carbocycles. The number of anilines is 1. The van der Waals surface area contributed by atoms with Crippen LogP contribution >= 0.6 is 0 Å². The maximum Gasteiger partial charge on any atom is 0.431 e. The standard InChI is InChI=1S/C21H12F6N2O4/c22-12-2-4-13(5-3-12)29-20(31)11-1-8-16(28-9-11)32-10-17(30)33-21(26,27)14-6-7-15(23)19(25)18(14)24/h1-9H,10H2,(H,29,31). The van der Waals surface area contributed by atoms with E-state index in [4.69, 9.17) is 4.74 Å². The number of nitrogens with zero attached hydrogens (tertiary/aromatic N) is 1. The summed E-state index contributed by atoms with van der Waals surface area (Å²) in [6, 6.07) is 7.86. The summed E-state index contributed by atoms with van der Waals surface area (Å²) in [6.07, 6.45) is -3.54. The second-order valence-electron chi connectivity index (χ2n) is 6.35. The highest BCUT2D eigenvalue weighted by Gasteiger charge is 2.41. The first kappa shape index (κ1) is 23.6. The number of aromatic nitrogens is 1. The van der Waals surface area contributed by atoms with Crippen molar-refractivity contribution in [2.75, 3.05) is 11.9 Å². The van der Waals surface area contributed by atoms with Crippen molar-refractivity contribution in [3.8, 4) is 5.88 Å². The highest BCUT2D eigenvalue weighted by atomic mass is 19.3. The van der Waals surface area contributed by atoms with Crippen LogP contribution in [0.4, 0.5) is 32.0 Å². The van der Waals surface area contributed by atoms with Crippen molar-refractivity contribution < 1.29 is 45.4 Å². The van der Waals surface area contributed by atoms with Crippen LogP contribution in [-0.2, 0) is 15.6 Å². The van der Waals surface area contributed by atoms with E-state index in [1.165, 1.54) is 18.2 Å². The Labute approximate surface area is 181 Å². The zero-order valence-electron chi connectivity index (χ0n) is 16.3. The fraction of sp³-hybridized carbons (Fsp3) is 0.0952. The summed E-state index contributed by atoms with van der Waals surface area (Å²) < 4.78 is 89.0. The van der Waals surface area contributed by atoms with Gasteiger partial charge in [-0.05, 0) is 42.5 Å². The van der Waals surface area contributed by atoms with Crippen LogP contribution in [-0.4, -0.2) is 23.5 Å². The van der Waals surface area contributed by atoms with E-state index in [0.29, 0.717) is 5.69 Å². The number of hydrogen-bond donors (Lipinski definition) is 1. The number of amides is 1. The highest BCUT2D eigenvalue weighted by molar-refractivity contribution is 6.04. The summed E-state index contributed by atoms with van der Waals surface area (Å²) in [7, 11) is 0. The molecule has 2 aromatic carbocycles. The molecule has 1 aromatic heterocycles. The Balaban J connectivity index is 1.56. The molecule has 172 valence electrons. The Kier molecular flexibility index (Phi) is 6.85. The van der Waals surface area contributed by atoms with Crippen LogP contribution in [0.1, 0.15) is 15.9 Å². The summed E-state index contributed by atoms with van der Waals surface area (Å²) in [5.74, 6) is -9.02. The molecule has 0 spiro atoms. The Bertz CT molecular complexity index is 1170. The lowest BCUT2D eigenvalue weighted by atomic mass is 10.2. The minimum absolute atomic E-state index is 0.0644. The van der Waals surface area contributed by atoms with Gasteiger partial charge < -0.3 is 14.8 Å². The molecule has 0 bridgehead atoms. The lowest BCUT2D eigenvalue weighted by Crippen LogP contribution is -2.28. The third-order valence-corrected chi connectivity index (χ3v) is 4.03. The number of alkyl halides is 2. The minimum atomic E-state index is -4.60. The van der Waals surface area contributed by atoms with Crippen molar-refractivity contribution in [1.82, 2.24) is 4.98 Å². The third-order valence-electron chi connectivity index (χ3n) is 4.03. The number of ether oxygens (including phenoxy) is 2. The molecule has 0 atom stereocenters. The molecule has 1 amide bonds. The van der Waals surface area contributed by atoms with Crippen LogP contribution in [0, 0.1) is 23.3 Å². The molecule has 0 unspecified atom stereocenters. The Hall–Kier alpha value is -4.09. The number of carbonyl (C=O) groups is 2. The van der Waals surface area contributed by atoms with Gasteiger partial charge in [0.25, 0.3) is 5.91 Å². The van der Waals surface area contributed by atoms with Crippen molar-refractivity contribution in [1.29, 1.82) is 0 Å². The third kappa shape index (κ3) is 5.79. The predicted octanol–water partition coefficient (Wildman–Crippen LogP) is 4.56. The number of esters is 1. The molecule has 3 aromatic rings. The second kappa shape index (κ2) is 9.59. The molecule has 12 heteroatoms. The summed E-state index contributed by atoms with van der Waals surface area (Å²) in [5, 5.41) is 2.48. The van der Waals surface area contributed by atoms with Gasteiger partial charge in [-0.3, -0.25) is 4.79 Å². The molecule has 0 radical (unpaired) electrons. The van der Waals surface area contributed by atoms with E-state index >= 15 is 0 Å². The number of nitrogens with one attached hydrogen (secondary N) is 1. The van der Waals surface area contributed by atoms with Crippen molar-refractivity contribution >= 4 is 17.6 Å². The van der Waals surface area contributed by atoms with Gasteiger partial charge in [-0.1, -0.05) is 0 Å². The highest BCUT2D eigenvalue weighted by Crippen LogP contribution is 2.33. The van der Waals surface area contributed by atoms with E-state index in [-0.39, 0.29) is 23.6 Å². The van der Waals surface area contributed by atoms with E-state index in [0.717, 1.165) is 24.4 Å². The number of rotatable bonds is 7. The zero-order chi connectivity index (χ0) is 24.2. The lowest BCUT2D eigenvalue weighted by Gasteiger charge is -2.17. The molecule has 6 nitrogen and oxygen atoms in total. The SMILES string of the molecule is O=C(COc1ccc(C(=O)Nc2ccc(F)cc2)cn1)OC(F)(F)c1ccc(F)c(F)c1F. The van der Waals surface area contributed by atoms with Crippen LogP contribution in [0.25, 0.3) is 0 Å². The van der Waals surface area contributed by atoms with E-state index < -0.39 is 53.4 Å². The molecule has 1 heterocycles. The van der Waals surface area contributed by atoms with Gasteiger partial charge in [-0.2, -0.15) is 8.78 Å². The van der Waals surface area contributed by atoms with Gasteiger partial charge in [0, 0.05) is 18.0 Å². The first-order valence-electron chi connectivity index (χ1n) is 8.96. The summed E-state index contributed by atoms with van der Waals surface area (Å²) in [5.41, 5.74) is -1.29. The smallest absolute Gasteiger partial charge is 0.431 e. The van der Waals surface area contributed by atoms with Gasteiger partial charge in [0.15, 0.2) is 24.1 Å². The van der Waals surface area contributed by atoms with Crippen LogP contribution in [0.3, 0.4) is 0 Å². The van der Waals surface area contributed by atoms with Crippen molar-refractivity contribution in [3.63, 3.8) is 0 Å². The fourth-order valence-electron chi connectivity index (χ4n) is 2.45. The van der Waals surface area contributed by atoms with Crippen LogP contribution in [0.5, 0.6) is 5.88 Å². The molecule has 33 heavy (non-hydrogen) atoms. The second-order valence-corrected chi connectivity index (χ2v) is 6.35. The van der Waals surface area contributed by atoms with Gasteiger partial charge in [0.05, 0.1) is 5.56 Å². The molecule has 0 saturated heterocycles. The average Bonchev–Trinajstić information content (AvgIpc) is 2.77. The van der Waals surface area contributed by atoms with Crippen LogP contribution in [0.15, 0.2) is 54.7 Å². The monoisotopic (exact) mass is 470 g/mol. The molecular formula is C21H12F6N2O4. The van der Waals surface area contributed by atoms with E-state index in [1.54, 1.807) is 0 Å². The molecule has 3 rings (SSSR count). The number of benzene rings is 2. The molecule has 0 fully saturated rings. The Morgan fingerprint density at radius 3 is 2.24 bits per heavy atom. The molecule has 0 aliphatic heterocycles. The molecule has 0 saturated carbocycles. The maximum absolute atomic E-state index is 13.9. The van der Waals surface area contributed by atoms with E-state index in [9.17, 15) is 35.9 Å². The zero-order valence-corrected chi connectivity index (χ0v) is 16.3. The number of hydrogen-bond acceptors (Lipinski definition) is 5. The molecule has 0 aliphatic rings. The van der Waals surface area contributed by atoms with Crippen molar-refractivity contribution in [2.24, 2.45) is 0 Å². The van der Waals surface area contributed by atoms with Gasteiger partial charge in [0.2, 0.25) is 5.88 Å². The largest absolute Gasteiger partial charge is 0.466 e. The summed E-state index contributed by atoms with van der Waals surface area (Å²) >= 11 is 0. The van der Waals surface area contributed by atoms with Gasteiger partial charge in [-0.25, -0.2) is 27.3 Å². The van der Waals surface area contributed by atoms with Crippen LogP contribution in [0.2, 0.25) is 0 Å². The van der Waals surface area contributed by atoms with Gasteiger partial charge in [-0.15, -0.1) is 0 Å². The number of carbonyl (C=O) groups excluding carboxylic acids is 2. The van der Waals surface area contributed by atoms with Crippen molar-refractivity contribution in [3.05, 3.63) is 89.1 Å². The first-order valence-corrected chi connectivity index (χ1v) is 8.96. The van der Waals surface area contributed by atoms with Crippen molar-refractivity contribution in [2.45, 2.75) is 6.11 Å². The molecule has 1 N–H and O–H groups in total.